The van der Waals surface area contributed by atoms with E-state index in [9.17, 15) is 13.2 Å². The Morgan fingerprint density at radius 2 is 1.96 bits per heavy atom. The average molecular weight is 343 g/mol. The van der Waals surface area contributed by atoms with E-state index in [0.717, 1.165) is 6.20 Å². The molecule has 2 rings (SSSR count). The highest BCUT2D eigenvalue weighted by molar-refractivity contribution is 5.58. The second kappa shape index (κ2) is 6.27. The van der Waals surface area contributed by atoms with E-state index in [0.29, 0.717) is 17.8 Å². The largest absolute Gasteiger partial charge is 0.421 e. The summed E-state index contributed by atoms with van der Waals surface area (Å²) in [4.78, 5) is 7.62. The van der Waals surface area contributed by atoms with Crippen LogP contribution in [0.3, 0.4) is 0 Å². The van der Waals surface area contributed by atoms with Gasteiger partial charge in [-0.25, -0.2) is 4.98 Å². The molecule has 0 saturated heterocycles. The van der Waals surface area contributed by atoms with Gasteiger partial charge in [0.15, 0.2) is 0 Å². The topological polar surface area (TPSA) is 93.7 Å². The van der Waals surface area contributed by atoms with Crippen molar-refractivity contribution in [2.45, 2.75) is 39.0 Å². The lowest BCUT2D eigenvalue weighted by molar-refractivity contribution is -0.137. The van der Waals surface area contributed by atoms with Crippen LogP contribution in [0.25, 0.3) is 0 Å². The molecule has 0 atom stereocenters. The van der Waals surface area contributed by atoms with Crippen molar-refractivity contribution < 1.29 is 13.2 Å². The molecular weight excluding hydrogens is 323 g/mol. The molecule has 0 bridgehead atoms. The summed E-state index contributed by atoms with van der Waals surface area (Å²) in [6, 6.07) is 0. The molecule has 0 amide bonds. The van der Waals surface area contributed by atoms with Crippen LogP contribution in [0.4, 0.5) is 30.6 Å². The lowest BCUT2D eigenvalue weighted by Gasteiger charge is -2.18. The van der Waals surface area contributed by atoms with Crippen LogP contribution in [-0.2, 0) is 18.3 Å². The smallest absolute Gasteiger partial charge is 0.372 e. The number of rotatable bonds is 5. The first kappa shape index (κ1) is 18.0. The molecule has 2 aromatic rings. The van der Waals surface area contributed by atoms with E-state index in [1.54, 1.807) is 24.7 Å². The van der Waals surface area contributed by atoms with Crippen molar-refractivity contribution in [1.29, 1.82) is 0 Å². The fourth-order valence-corrected chi connectivity index (χ4v) is 2.03. The SMILES string of the molecule is CCc1nn(C(C)(C)N)cc1Nc1ncc(C(F)(F)F)c(NC)n1. The lowest BCUT2D eigenvalue weighted by Crippen LogP contribution is -2.36. The van der Waals surface area contributed by atoms with Crippen molar-refractivity contribution in [2.75, 3.05) is 17.7 Å². The van der Waals surface area contributed by atoms with Crippen LogP contribution in [-0.4, -0.2) is 26.8 Å². The molecule has 4 N–H and O–H groups in total. The second-order valence-corrected chi connectivity index (χ2v) is 5.77. The third-order valence-corrected chi connectivity index (χ3v) is 3.29. The Bertz CT molecular complexity index is 716. The number of anilines is 3. The molecule has 0 radical (unpaired) electrons. The highest BCUT2D eigenvalue weighted by atomic mass is 19.4. The number of nitrogens with two attached hydrogens (primary N) is 1. The molecule has 0 aliphatic heterocycles. The normalized spacial score (nSPS) is 12.3. The summed E-state index contributed by atoms with van der Waals surface area (Å²) >= 11 is 0. The van der Waals surface area contributed by atoms with Crippen LogP contribution in [0.1, 0.15) is 32.0 Å². The van der Waals surface area contributed by atoms with Crippen molar-refractivity contribution in [3.05, 3.63) is 23.7 Å². The number of aromatic nitrogens is 4. The second-order valence-electron chi connectivity index (χ2n) is 5.77. The van der Waals surface area contributed by atoms with Crippen LogP contribution in [0.2, 0.25) is 0 Å². The van der Waals surface area contributed by atoms with Crippen molar-refractivity contribution in [2.24, 2.45) is 5.73 Å². The molecule has 10 heteroatoms. The number of alkyl halides is 3. The minimum absolute atomic E-state index is 0.0384. The molecule has 0 aliphatic rings. The number of aryl methyl sites for hydroxylation is 1. The van der Waals surface area contributed by atoms with Crippen LogP contribution in [0, 0.1) is 0 Å². The van der Waals surface area contributed by atoms with E-state index >= 15 is 0 Å². The Kier molecular flexibility index (Phi) is 4.70. The van der Waals surface area contributed by atoms with Gasteiger partial charge >= 0.3 is 6.18 Å². The van der Waals surface area contributed by atoms with Crippen molar-refractivity contribution in [3.63, 3.8) is 0 Å². The molecule has 2 heterocycles. The monoisotopic (exact) mass is 343 g/mol. The van der Waals surface area contributed by atoms with Gasteiger partial charge in [-0.1, -0.05) is 6.92 Å². The van der Waals surface area contributed by atoms with E-state index < -0.39 is 17.4 Å². The van der Waals surface area contributed by atoms with Gasteiger partial charge in [0.1, 0.15) is 17.0 Å². The van der Waals surface area contributed by atoms with Gasteiger partial charge in [-0.2, -0.15) is 23.3 Å². The summed E-state index contributed by atoms with van der Waals surface area (Å²) in [6.45, 7) is 5.49. The summed E-state index contributed by atoms with van der Waals surface area (Å²) in [5, 5.41) is 9.71. The zero-order valence-electron chi connectivity index (χ0n) is 13.9. The maximum atomic E-state index is 12.9. The third-order valence-electron chi connectivity index (χ3n) is 3.29. The zero-order chi connectivity index (χ0) is 18.1. The number of hydrogen-bond acceptors (Lipinski definition) is 6. The fourth-order valence-electron chi connectivity index (χ4n) is 2.03. The van der Waals surface area contributed by atoms with Crippen LogP contribution in [0.5, 0.6) is 0 Å². The molecule has 0 saturated carbocycles. The van der Waals surface area contributed by atoms with E-state index in [2.05, 4.69) is 25.7 Å². The van der Waals surface area contributed by atoms with Gasteiger partial charge in [0, 0.05) is 13.2 Å². The van der Waals surface area contributed by atoms with Crippen molar-refractivity contribution in [1.82, 2.24) is 19.7 Å². The highest BCUT2D eigenvalue weighted by Crippen LogP contribution is 2.34. The van der Waals surface area contributed by atoms with E-state index in [1.807, 2.05) is 6.92 Å². The summed E-state index contributed by atoms with van der Waals surface area (Å²) < 4.78 is 40.2. The van der Waals surface area contributed by atoms with E-state index in [4.69, 9.17) is 5.73 Å². The molecule has 0 spiro atoms. The van der Waals surface area contributed by atoms with Gasteiger partial charge in [-0.3, -0.25) is 4.68 Å². The molecule has 7 nitrogen and oxygen atoms in total. The Hall–Kier alpha value is -2.36. The minimum atomic E-state index is -4.53. The summed E-state index contributed by atoms with van der Waals surface area (Å²) in [7, 11) is 1.37. The quantitative estimate of drug-likeness (QED) is 0.773. The molecular formula is C14H20F3N7. The van der Waals surface area contributed by atoms with Gasteiger partial charge in [-0.05, 0) is 20.3 Å². The molecule has 2 aromatic heterocycles. The average Bonchev–Trinajstić information content (AvgIpc) is 2.89. The molecule has 0 aromatic carbocycles. The van der Waals surface area contributed by atoms with Crippen molar-refractivity contribution >= 4 is 17.5 Å². The van der Waals surface area contributed by atoms with Gasteiger partial charge in [0.05, 0.1) is 17.6 Å². The first-order valence-electron chi connectivity index (χ1n) is 7.33. The van der Waals surface area contributed by atoms with Crippen LogP contribution >= 0.6 is 0 Å². The molecule has 132 valence electrons. The summed E-state index contributed by atoms with van der Waals surface area (Å²) in [5.41, 5.74) is 5.68. The summed E-state index contributed by atoms with van der Waals surface area (Å²) in [5.74, 6) is -0.263. The van der Waals surface area contributed by atoms with Gasteiger partial charge in [0.2, 0.25) is 5.95 Å². The predicted octanol–water partition coefficient (Wildman–Crippen LogP) is 2.69. The number of nitrogens with one attached hydrogen (secondary N) is 2. The Labute approximate surface area is 137 Å². The Balaban J connectivity index is 2.37. The minimum Gasteiger partial charge on any atom is -0.372 e. The van der Waals surface area contributed by atoms with Crippen LogP contribution < -0.4 is 16.4 Å². The molecule has 24 heavy (non-hydrogen) atoms. The van der Waals surface area contributed by atoms with Gasteiger partial charge < -0.3 is 16.4 Å². The van der Waals surface area contributed by atoms with E-state index in [1.165, 1.54) is 7.05 Å². The molecule has 0 fully saturated rings. The van der Waals surface area contributed by atoms with Gasteiger partial charge in [-0.15, -0.1) is 0 Å². The van der Waals surface area contributed by atoms with E-state index in [-0.39, 0.29) is 11.8 Å². The number of hydrogen-bond donors (Lipinski definition) is 3. The predicted molar refractivity (Wildman–Crippen MR) is 85.0 cm³/mol. The zero-order valence-corrected chi connectivity index (χ0v) is 13.9. The lowest BCUT2D eigenvalue weighted by atomic mass is 10.3. The maximum Gasteiger partial charge on any atom is 0.421 e. The maximum absolute atomic E-state index is 12.9. The Morgan fingerprint density at radius 1 is 1.29 bits per heavy atom. The van der Waals surface area contributed by atoms with Crippen molar-refractivity contribution in [3.8, 4) is 0 Å². The highest BCUT2D eigenvalue weighted by Gasteiger charge is 2.35. The summed E-state index contributed by atoms with van der Waals surface area (Å²) in [6.07, 6.45) is -1.49. The molecule has 0 aliphatic carbocycles. The number of nitrogens with zero attached hydrogens (tertiary/aromatic N) is 4. The fraction of sp³-hybridized carbons (Fsp3) is 0.500. The first-order chi connectivity index (χ1) is 11.1. The Morgan fingerprint density at radius 3 is 2.46 bits per heavy atom. The van der Waals surface area contributed by atoms with Gasteiger partial charge in [0.25, 0.3) is 0 Å². The number of halogens is 3. The van der Waals surface area contributed by atoms with Crippen LogP contribution in [0.15, 0.2) is 12.4 Å². The molecule has 0 unspecified atom stereocenters. The standard InChI is InChI=1S/C14H20F3N7/c1-5-9-10(7-24(23-9)13(2,3)18)21-12-20-6-8(14(15,16)17)11(19-4)22-12/h6-7H,5,18H2,1-4H3,(H2,19,20,21,22). The first-order valence-corrected chi connectivity index (χ1v) is 7.33. The third kappa shape index (κ3) is 3.75.